The van der Waals surface area contributed by atoms with Crippen molar-refractivity contribution in [1.29, 1.82) is 0 Å². The molecule has 0 aliphatic carbocycles. The van der Waals surface area contributed by atoms with Gasteiger partial charge in [0.05, 0.1) is 28.3 Å². The van der Waals surface area contributed by atoms with E-state index < -0.39 is 0 Å². The molecule has 124 valence electrons. The molecule has 0 bridgehead atoms. The van der Waals surface area contributed by atoms with Crippen molar-refractivity contribution in [2.45, 2.75) is 0 Å². The Kier molecular flexibility index (Phi) is 4.16. The summed E-state index contributed by atoms with van der Waals surface area (Å²) in [6.07, 6.45) is 3.33. The molecule has 0 radical (unpaired) electrons. The minimum atomic E-state index is -0.356. The van der Waals surface area contributed by atoms with Gasteiger partial charge in [0.2, 0.25) is 0 Å². The van der Waals surface area contributed by atoms with Crippen LogP contribution in [0.15, 0.2) is 59.3 Å². The van der Waals surface area contributed by atoms with E-state index in [9.17, 15) is 4.79 Å². The molecule has 0 saturated heterocycles. The Labute approximate surface area is 154 Å². The molecule has 7 nitrogen and oxygen atoms in total. The lowest BCUT2D eigenvalue weighted by atomic mass is 10.3. The molecule has 2 amide bonds. The molecule has 25 heavy (non-hydrogen) atoms. The number of anilines is 2. The molecule has 0 unspecified atom stereocenters. The number of thiazole rings is 1. The third kappa shape index (κ3) is 3.37. The van der Waals surface area contributed by atoms with E-state index in [1.165, 1.54) is 11.3 Å². The average molecular weight is 415 g/mol. The van der Waals surface area contributed by atoms with Crippen molar-refractivity contribution < 1.29 is 4.79 Å². The number of halogens is 1. The molecule has 0 aliphatic heterocycles. The number of carbonyl (C=O) groups is 1. The smallest absolute Gasteiger partial charge is 0.308 e. The van der Waals surface area contributed by atoms with E-state index in [1.54, 1.807) is 23.1 Å². The number of hydrogen-bond donors (Lipinski definition) is 2. The van der Waals surface area contributed by atoms with Crippen molar-refractivity contribution in [1.82, 2.24) is 20.0 Å². The van der Waals surface area contributed by atoms with Crippen LogP contribution in [0.4, 0.5) is 15.6 Å². The lowest BCUT2D eigenvalue weighted by Crippen LogP contribution is -2.19. The fourth-order valence-electron chi connectivity index (χ4n) is 2.30. The van der Waals surface area contributed by atoms with Gasteiger partial charge in [0.15, 0.2) is 5.13 Å². The van der Waals surface area contributed by atoms with E-state index in [2.05, 4.69) is 41.9 Å². The number of para-hydroxylation sites is 1. The third-order valence-corrected chi connectivity index (χ3v) is 4.96. The Morgan fingerprint density at radius 2 is 2.04 bits per heavy atom. The van der Waals surface area contributed by atoms with Crippen LogP contribution in [-0.2, 0) is 0 Å². The highest BCUT2D eigenvalue weighted by molar-refractivity contribution is 9.10. The minimum Gasteiger partial charge on any atom is -0.308 e. The minimum absolute atomic E-state index is 0.356. The average Bonchev–Trinajstić information content (AvgIpc) is 3.25. The first kappa shape index (κ1) is 15.7. The fourth-order valence-corrected chi connectivity index (χ4v) is 3.77. The van der Waals surface area contributed by atoms with Crippen LogP contribution < -0.4 is 10.6 Å². The number of rotatable bonds is 3. The Morgan fingerprint density at radius 1 is 1.16 bits per heavy atom. The van der Waals surface area contributed by atoms with Crippen LogP contribution in [0.3, 0.4) is 0 Å². The number of amides is 2. The highest BCUT2D eigenvalue weighted by atomic mass is 79.9. The summed E-state index contributed by atoms with van der Waals surface area (Å²) in [4.78, 5) is 16.7. The van der Waals surface area contributed by atoms with Crippen LogP contribution in [0, 0.1) is 0 Å². The van der Waals surface area contributed by atoms with Crippen LogP contribution in [0.25, 0.3) is 15.9 Å². The largest absolute Gasteiger partial charge is 0.325 e. The van der Waals surface area contributed by atoms with Crippen LogP contribution in [0.2, 0.25) is 0 Å². The maximum atomic E-state index is 12.2. The van der Waals surface area contributed by atoms with Crippen LogP contribution >= 0.6 is 27.3 Å². The predicted octanol–water partition coefficient (Wildman–Crippen LogP) is 4.28. The zero-order valence-electron chi connectivity index (χ0n) is 12.7. The SMILES string of the molecule is O=C(Nc1cccc(-n2ccnn2)c1)Nc1nc2c(Br)cccc2s1. The highest BCUT2D eigenvalue weighted by Crippen LogP contribution is 2.30. The molecular weight excluding hydrogens is 404 g/mol. The lowest BCUT2D eigenvalue weighted by molar-refractivity contribution is 0.262. The van der Waals surface area contributed by atoms with Gasteiger partial charge < -0.3 is 5.32 Å². The molecule has 2 N–H and O–H groups in total. The number of urea groups is 1. The number of benzene rings is 2. The van der Waals surface area contributed by atoms with Crippen LogP contribution in [0.1, 0.15) is 0 Å². The molecule has 0 atom stereocenters. The number of carbonyl (C=O) groups excluding carboxylic acids is 1. The number of hydrogen-bond acceptors (Lipinski definition) is 5. The monoisotopic (exact) mass is 414 g/mol. The van der Waals surface area contributed by atoms with Crippen LogP contribution in [-0.4, -0.2) is 26.0 Å². The Bertz CT molecular complexity index is 1050. The molecular formula is C16H11BrN6OS. The molecule has 0 fully saturated rings. The summed E-state index contributed by atoms with van der Waals surface area (Å²) in [6.45, 7) is 0. The summed E-state index contributed by atoms with van der Waals surface area (Å²) in [5.74, 6) is 0. The third-order valence-electron chi connectivity index (χ3n) is 3.38. The standard InChI is InChI=1S/C16H11BrN6OS/c17-12-5-2-6-13-14(12)20-16(25-13)21-15(24)19-10-3-1-4-11(9-10)23-8-7-18-22-23/h1-9H,(H2,19,20,21,24). The Morgan fingerprint density at radius 3 is 2.84 bits per heavy atom. The molecule has 0 spiro atoms. The van der Waals surface area contributed by atoms with E-state index in [-0.39, 0.29) is 6.03 Å². The molecule has 2 aromatic carbocycles. The second-order valence-corrected chi connectivity index (χ2v) is 6.97. The molecule has 4 aromatic rings. The van der Waals surface area contributed by atoms with Gasteiger partial charge in [0.25, 0.3) is 0 Å². The summed E-state index contributed by atoms with van der Waals surface area (Å²) in [5.41, 5.74) is 2.28. The number of nitrogens with one attached hydrogen (secondary N) is 2. The zero-order valence-corrected chi connectivity index (χ0v) is 15.1. The second kappa shape index (κ2) is 6.61. The summed E-state index contributed by atoms with van der Waals surface area (Å²) >= 11 is 4.88. The molecule has 9 heteroatoms. The molecule has 2 heterocycles. The van der Waals surface area contributed by atoms with Gasteiger partial charge in [0.1, 0.15) is 0 Å². The van der Waals surface area contributed by atoms with Gasteiger partial charge in [-0.05, 0) is 46.3 Å². The van der Waals surface area contributed by atoms with Crippen molar-refractivity contribution in [3.05, 3.63) is 59.3 Å². The predicted molar refractivity (Wildman–Crippen MR) is 101 cm³/mol. The van der Waals surface area contributed by atoms with E-state index in [0.29, 0.717) is 10.8 Å². The van der Waals surface area contributed by atoms with Gasteiger partial charge in [-0.3, -0.25) is 5.32 Å². The maximum Gasteiger partial charge on any atom is 0.325 e. The lowest BCUT2D eigenvalue weighted by Gasteiger charge is -2.07. The van der Waals surface area contributed by atoms with E-state index in [1.807, 2.05) is 36.4 Å². The molecule has 0 saturated carbocycles. The first-order valence-electron chi connectivity index (χ1n) is 7.29. The van der Waals surface area contributed by atoms with E-state index >= 15 is 0 Å². The van der Waals surface area contributed by atoms with Crippen molar-refractivity contribution in [3.8, 4) is 5.69 Å². The Hall–Kier alpha value is -2.78. The van der Waals surface area contributed by atoms with Crippen molar-refractivity contribution >= 4 is 54.3 Å². The summed E-state index contributed by atoms with van der Waals surface area (Å²) in [5, 5.41) is 13.8. The maximum absolute atomic E-state index is 12.2. The van der Waals surface area contributed by atoms with Gasteiger partial charge in [-0.2, -0.15) is 0 Å². The van der Waals surface area contributed by atoms with Crippen molar-refractivity contribution in [2.75, 3.05) is 10.6 Å². The summed E-state index contributed by atoms with van der Waals surface area (Å²) in [6, 6.07) is 12.8. The topological polar surface area (TPSA) is 84.7 Å². The summed E-state index contributed by atoms with van der Waals surface area (Å²) < 4.78 is 3.52. The summed E-state index contributed by atoms with van der Waals surface area (Å²) in [7, 11) is 0. The van der Waals surface area contributed by atoms with Crippen molar-refractivity contribution in [3.63, 3.8) is 0 Å². The zero-order chi connectivity index (χ0) is 17.2. The van der Waals surface area contributed by atoms with E-state index in [0.717, 1.165) is 20.4 Å². The van der Waals surface area contributed by atoms with Gasteiger partial charge in [-0.15, -0.1) is 5.10 Å². The van der Waals surface area contributed by atoms with Crippen molar-refractivity contribution in [2.24, 2.45) is 0 Å². The highest BCUT2D eigenvalue weighted by Gasteiger charge is 2.10. The molecule has 2 aromatic heterocycles. The normalized spacial score (nSPS) is 10.8. The Balaban J connectivity index is 1.50. The fraction of sp³-hybridized carbons (Fsp3) is 0. The van der Waals surface area contributed by atoms with Crippen LogP contribution in [0.5, 0.6) is 0 Å². The first-order chi connectivity index (χ1) is 12.2. The van der Waals surface area contributed by atoms with E-state index in [4.69, 9.17) is 0 Å². The van der Waals surface area contributed by atoms with Gasteiger partial charge in [-0.25, -0.2) is 14.5 Å². The number of nitrogens with zero attached hydrogens (tertiary/aromatic N) is 4. The molecule has 4 rings (SSSR count). The van der Waals surface area contributed by atoms with Gasteiger partial charge in [0, 0.05) is 10.2 Å². The first-order valence-corrected chi connectivity index (χ1v) is 8.90. The van der Waals surface area contributed by atoms with Gasteiger partial charge in [-0.1, -0.05) is 28.7 Å². The number of aromatic nitrogens is 4. The quantitative estimate of drug-likeness (QED) is 0.523. The second-order valence-electron chi connectivity index (χ2n) is 5.08. The number of fused-ring (bicyclic) bond motifs is 1. The van der Waals surface area contributed by atoms with Gasteiger partial charge >= 0.3 is 6.03 Å². The molecule has 0 aliphatic rings.